The zero-order chi connectivity index (χ0) is 20.4. The van der Waals surface area contributed by atoms with Crippen LogP contribution in [0.4, 0.5) is 5.82 Å². The molecule has 0 unspecified atom stereocenters. The van der Waals surface area contributed by atoms with E-state index in [0.717, 1.165) is 31.0 Å². The molecule has 1 heterocycles. The third-order valence-corrected chi connectivity index (χ3v) is 4.71. The van der Waals surface area contributed by atoms with Crippen molar-refractivity contribution in [2.45, 2.75) is 33.1 Å². The molecule has 0 bridgehead atoms. The Morgan fingerprint density at radius 2 is 1.93 bits per heavy atom. The van der Waals surface area contributed by atoms with Crippen LogP contribution in [-0.2, 0) is 20.7 Å². The molecule has 0 saturated heterocycles. The van der Waals surface area contributed by atoms with Crippen LogP contribution >= 0.6 is 11.8 Å². The summed E-state index contributed by atoms with van der Waals surface area (Å²) in [6, 6.07) is 8.96. The van der Waals surface area contributed by atoms with Gasteiger partial charge in [-0.25, -0.2) is 0 Å². The van der Waals surface area contributed by atoms with Gasteiger partial charge in [-0.3, -0.25) is 14.4 Å². The number of ether oxygens (including phenoxy) is 1. The minimum atomic E-state index is -0.539. The Morgan fingerprint density at radius 3 is 2.57 bits per heavy atom. The molecule has 0 saturated carbocycles. The van der Waals surface area contributed by atoms with Crippen LogP contribution < -0.4 is 5.32 Å². The summed E-state index contributed by atoms with van der Waals surface area (Å²) in [4.78, 5) is 35.6. The number of unbranched alkanes of at least 4 members (excludes halogenated alkanes) is 1. The standard InChI is InChI=1S/C20H24N2O5S/c1-3-4-5-15-6-8-16(9-7-15)17(23)11-26-20(25)13-28-12-19(24)21-18-10-14(2)27-22-18/h6-10H,3-5,11-13H2,1-2H3,(H,21,22,24). The lowest BCUT2D eigenvalue weighted by Crippen LogP contribution is -2.18. The number of hydrogen-bond acceptors (Lipinski definition) is 7. The quantitative estimate of drug-likeness (QED) is 0.452. The molecule has 0 aliphatic heterocycles. The van der Waals surface area contributed by atoms with Crippen LogP contribution in [0.3, 0.4) is 0 Å². The summed E-state index contributed by atoms with van der Waals surface area (Å²) in [6.45, 7) is 3.54. The number of aromatic nitrogens is 1. The zero-order valence-electron chi connectivity index (χ0n) is 16.0. The molecule has 0 aliphatic carbocycles. The van der Waals surface area contributed by atoms with Crippen molar-refractivity contribution in [1.82, 2.24) is 5.16 Å². The molecule has 0 fully saturated rings. The second kappa shape index (κ2) is 11.3. The van der Waals surface area contributed by atoms with E-state index in [2.05, 4.69) is 17.4 Å². The van der Waals surface area contributed by atoms with Crippen molar-refractivity contribution < 1.29 is 23.6 Å². The molecule has 2 aromatic rings. The first-order chi connectivity index (χ1) is 13.5. The lowest BCUT2D eigenvalue weighted by molar-refractivity contribution is -0.139. The van der Waals surface area contributed by atoms with E-state index < -0.39 is 5.97 Å². The van der Waals surface area contributed by atoms with Crippen LogP contribution in [0, 0.1) is 6.92 Å². The summed E-state index contributed by atoms with van der Waals surface area (Å²) in [7, 11) is 0. The van der Waals surface area contributed by atoms with Gasteiger partial charge in [-0.1, -0.05) is 42.8 Å². The Bertz CT molecular complexity index is 801. The number of ketones is 1. The lowest BCUT2D eigenvalue weighted by atomic mass is 10.0. The fraction of sp³-hybridized carbons (Fsp3) is 0.400. The van der Waals surface area contributed by atoms with Gasteiger partial charge in [0.15, 0.2) is 18.2 Å². The van der Waals surface area contributed by atoms with E-state index in [-0.39, 0.29) is 29.8 Å². The topological polar surface area (TPSA) is 98.5 Å². The van der Waals surface area contributed by atoms with Crippen LogP contribution in [0.5, 0.6) is 0 Å². The molecule has 8 heteroatoms. The van der Waals surface area contributed by atoms with Gasteiger partial charge in [0, 0.05) is 11.6 Å². The number of aryl methyl sites for hydroxylation is 2. The molecule has 2 rings (SSSR count). The van der Waals surface area contributed by atoms with E-state index in [0.29, 0.717) is 17.1 Å². The van der Waals surface area contributed by atoms with Crippen LogP contribution in [-0.4, -0.2) is 40.9 Å². The second-order valence-corrected chi connectivity index (χ2v) is 7.23. The minimum absolute atomic E-state index is 0.0193. The SMILES string of the molecule is CCCCc1ccc(C(=O)COC(=O)CSCC(=O)Nc2cc(C)on2)cc1. The van der Waals surface area contributed by atoms with Gasteiger partial charge in [0.25, 0.3) is 0 Å². The average molecular weight is 404 g/mol. The fourth-order valence-electron chi connectivity index (χ4n) is 2.34. The third-order valence-electron chi connectivity index (χ3n) is 3.81. The molecule has 1 amide bonds. The van der Waals surface area contributed by atoms with Gasteiger partial charge in [0.2, 0.25) is 5.91 Å². The molecular formula is C20H24N2O5S. The first-order valence-corrected chi connectivity index (χ1v) is 10.2. The van der Waals surface area contributed by atoms with Gasteiger partial charge in [0.1, 0.15) is 5.76 Å². The molecule has 0 aliphatic rings. The van der Waals surface area contributed by atoms with Crippen molar-refractivity contribution in [3.63, 3.8) is 0 Å². The number of Topliss-reactive ketones (excluding diaryl/α,β-unsaturated/α-hetero) is 1. The smallest absolute Gasteiger partial charge is 0.316 e. The van der Waals surface area contributed by atoms with Crippen molar-refractivity contribution in [2.24, 2.45) is 0 Å². The van der Waals surface area contributed by atoms with Gasteiger partial charge in [-0.05, 0) is 25.3 Å². The highest BCUT2D eigenvalue weighted by atomic mass is 32.2. The van der Waals surface area contributed by atoms with Crippen molar-refractivity contribution in [3.8, 4) is 0 Å². The van der Waals surface area contributed by atoms with Crippen molar-refractivity contribution in [3.05, 3.63) is 47.2 Å². The number of esters is 1. The molecule has 1 aromatic heterocycles. The maximum atomic E-state index is 12.1. The van der Waals surface area contributed by atoms with E-state index in [1.165, 1.54) is 5.56 Å². The number of benzene rings is 1. The first-order valence-electron chi connectivity index (χ1n) is 9.06. The van der Waals surface area contributed by atoms with E-state index in [1.54, 1.807) is 25.1 Å². The minimum Gasteiger partial charge on any atom is -0.457 e. The summed E-state index contributed by atoms with van der Waals surface area (Å²) in [5.74, 6) is -0.125. The van der Waals surface area contributed by atoms with Gasteiger partial charge in [-0.2, -0.15) is 0 Å². The normalized spacial score (nSPS) is 10.5. The van der Waals surface area contributed by atoms with Gasteiger partial charge < -0.3 is 14.6 Å². The molecule has 0 radical (unpaired) electrons. The molecule has 1 aromatic carbocycles. The summed E-state index contributed by atoms with van der Waals surface area (Å²) < 4.78 is 9.83. The van der Waals surface area contributed by atoms with Crippen LogP contribution in [0.15, 0.2) is 34.9 Å². The molecular weight excluding hydrogens is 380 g/mol. The second-order valence-electron chi connectivity index (χ2n) is 6.25. The predicted molar refractivity (Wildman–Crippen MR) is 108 cm³/mol. The van der Waals surface area contributed by atoms with Gasteiger partial charge in [0.05, 0.1) is 11.5 Å². The number of amides is 1. The summed E-state index contributed by atoms with van der Waals surface area (Å²) in [5.41, 5.74) is 1.70. The highest BCUT2D eigenvalue weighted by Gasteiger charge is 2.12. The van der Waals surface area contributed by atoms with Crippen LogP contribution in [0.2, 0.25) is 0 Å². The summed E-state index contributed by atoms with van der Waals surface area (Å²) >= 11 is 1.10. The summed E-state index contributed by atoms with van der Waals surface area (Å²) in [6.07, 6.45) is 3.22. The highest BCUT2D eigenvalue weighted by Crippen LogP contribution is 2.10. The fourth-order valence-corrected chi connectivity index (χ4v) is 2.95. The number of carbonyl (C=O) groups excluding carboxylic acids is 3. The predicted octanol–water partition coefficient (Wildman–Crippen LogP) is 3.42. The van der Waals surface area contributed by atoms with E-state index >= 15 is 0 Å². The molecule has 150 valence electrons. The molecule has 28 heavy (non-hydrogen) atoms. The Labute approximate surface area is 168 Å². The molecule has 0 spiro atoms. The largest absolute Gasteiger partial charge is 0.457 e. The van der Waals surface area contributed by atoms with Crippen molar-refractivity contribution in [1.29, 1.82) is 0 Å². The molecule has 7 nitrogen and oxygen atoms in total. The highest BCUT2D eigenvalue weighted by molar-refractivity contribution is 8.00. The Balaban J connectivity index is 1.64. The Kier molecular flexibility index (Phi) is 8.74. The van der Waals surface area contributed by atoms with Crippen LogP contribution in [0.1, 0.15) is 41.4 Å². The van der Waals surface area contributed by atoms with E-state index in [1.807, 2.05) is 12.1 Å². The molecule has 1 N–H and O–H groups in total. The maximum Gasteiger partial charge on any atom is 0.316 e. The summed E-state index contributed by atoms with van der Waals surface area (Å²) in [5, 5.41) is 6.21. The number of thioether (sulfide) groups is 1. The number of hydrogen-bond donors (Lipinski definition) is 1. The third kappa shape index (κ3) is 7.56. The number of nitrogens with one attached hydrogen (secondary N) is 1. The van der Waals surface area contributed by atoms with Crippen molar-refractivity contribution in [2.75, 3.05) is 23.4 Å². The van der Waals surface area contributed by atoms with E-state index in [9.17, 15) is 14.4 Å². The molecule has 0 atom stereocenters. The van der Waals surface area contributed by atoms with Crippen LogP contribution in [0.25, 0.3) is 0 Å². The maximum absolute atomic E-state index is 12.1. The zero-order valence-corrected chi connectivity index (χ0v) is 16.8. The Morgan fingerprint density at radius 1 is 1.18 bits per heavy atom. The average Bonchev–Trinajstić information content (AvgIpc) is 3.09. The number of carbonyl (C=O) groups is 3. The number of anilines is 1. The van der Waals surface area contributed by atoms with Crippen molar-refractivity contribution >= 4 is 35.2 Å². The van der Waals surface area contributed by atoms with Gasteiger partial charge in [-0.15, -0.1) is 11.8 Å². The first kappa shape index (κ1) is 21.7. The van der Waals surface area contributed by atoms with E-state index in [4.69, 9.17) is 9.26 Å². The number of rotatable bonds is 11. The lowest BCUT2D eigenvalue weighted by Gasteiger charge is -2.06. The van der Waals surface area contributed by atoms with Gasteiger partial charge >= 0.3 is 5.97 Å². The Hall–Kier alpha value is -2.61. The monoisotopic (exact) mass is 404 g/mol. The number of nitrogens with zero attached hydrogens (tertiary/aromatic N) is 1.